The van der Waals surface area contributed by atoms with Gasteiger partial charge in [-0.2, -0.15) is 0 Å². The van der Waals surface area contributed by atoms with Crippen LogP contribution in [0.2, 0.25) is 0 Å². The lowest BCUT2D eigenvalue weighted by atomic mass is 9.94. The van der Waals surface area contributed by atoms with Crippen molar-refractivity contribution in [2.24, 2.45) is 0 Å². The van der Waals surface area contributed by atoms with Gasteiger partial charge in [-0.15, -0.1) is 10.2 Å². The summed E-state index contributed by atoms with van der Waals surface area (Å²) < 4.78 is 13.2. The normalized spacial score (nSPS) is 11.8. The van der Waals surface area contributed by atoms with Crippen LogP contribution >= 0.6 is 11.8 Å². The SMILES string of the molecule is COCCCn1c(SCc2cccc(C)c2)nnc1C(CCNC(=O)c1ccccc1O)Cc1ccccc1OC. The van der Waals surface area contributed by atoms with Crippen LogP contribution in [-0.2, 0) is 23.5 Å². The maximum atomic E-state index is 12.8. The maximum absolute atomic E-state index is 12.8. The molecule has 0 saturated heterocycles. The molecule has 0 fully saturated rings. The number of para-hydroxylation sites is 2. The highest BCUT2D eigenvalue weighted by molar-refractivity contribution is 7.98. The van der Waals surface area contributed by atoms with Crippen LogP contribution in [0.4, 0.5) is 0 Å². The molecule has 2 N–H and O–H groups in total. The molecule has 216 valence electrons. The molecule has 0 spiro atoms. The Balaban J connectivity index is 1.59. The van der Waals surface area contributed by atoms with Crippen molar-refractivity contribution in [2.75, 3.05) is 27.4 Å². The van der Waals surface area contributed by atoms with Crippen molar-refractivity contribution in [1.82, 2.24) is 20.1 Å². The number of hydrogen-bond acceptors (Lipinski definition) is 7. The van der Waals surface area contributed by atoms with Crippen molar-refractivity contribution in [2.45, 2.75) is 49.6 Å². The van der Waals surface area contributed by atoms with Gasteiger partial charge in [0.05, 0.1) is 12.7 Å². The van der Waals surface area contributed by atoms with Crippen LogP contribution in [0.5, 0.6) is 11.5 Å². The molecular formula is C32H38N4O4S. The number of carbonyl (C=O) groups is 1. The fourth-order valence-corrected chi connectivity index (χ4v) is 5.73. The first-order chi connectivity index (χ1) is 20.0. The molecule has 8 nitrogen and oxygen atoms in total. The summed E-state index contributed by atoms with van der Waals surface area (Å²) in [6.45, 7) is 3.86. The molecule has 1 aromatic heterocycles. The number of nitrogens with one attached hydrogen (secondary N) is 1. The van der Waals surface area contributed by atoms with Crippen molar-refractivity contribution in [3.8, 4) is 11.5 Å². The van der Waals surface area contributed by atoms with Crippen LogP contribution in [0, 0.1) is 6.92 Å². The van der Waals surface area contributed by atoms with E-state index in [-0.39, 0.29) is 23.1 Å². The predicted molar refractivity (Wildman–Crippen MR) is 162 cm³/mol. The first kappa shape index (κ1) is 30.1. The third-order valence-electron chi connectivity index (χ3n) is 6.88. The smallest absolute Gasteiger partial charge is 0.255 e. The number of phenolic OH excluding ortho intramolecular Hbond substituents is 1. The molecule has 41 heavy (non-hydrogen) atoms. The van der Waals surface area contributed by atoms with Crippen LogP contribution in [0.15, 0.2) is 78.0 Å². The van der Waals surface area contributed by atoms with Crippen LogP contribution in [0.25, 0.3) is 0 Å². The van der Waals surface area contributed by atoms with Gasteiger partial charge < -0.3 is 24.5 Å². The van der Waals surface area contributed by atoms with Crippen molar-refractivity contribution in [3.05, 3.63) is 101 Å². The lowest BCUT2D eigenvalue weighted by Crippen LogP contribution is -2.27. The first-order valence-electron chi connectivity index (χ1n) is 13.8. The Bertz CT molecular complexity index is 1420. The van der Waals surface area contributed by atoms with E-state index in [9.17, 15) is 9.90 Å². The fourth-order valence-electron chi connectivity index (χ4n) is 4.82. The Kier molecular flexibility index (Phi) is 11.2. The number of nitrogens with zero attached hydrogens (tertiary/aromatic N) is 3. The quantitative estimate of drug-likeness (QED) is 0.137. The predicted octanol–water partition coefficient (Wildman–Crippen LogP) is 5.78. The highest BCUT2D eigenvalue weighted by Crippen LogP contribution is 2.31. The lowest BCUT2D eigenvalue weighted by Gasteiger charge is -2.20. The molecule has 4 rings (SSSR count). The molecule has 0 aliphatic rings. The van der Waals surface area contributed by atoms with E-state index in [0.29, 0.717) is 26.0 Å². The molecule has 1 unspecified atom stereocenters. The second-order valence-corrected chi connectivity index (χ2v) is 10.8. The molecule has 0 aliphatic carbocycles. The molecule has 1 amide bonds. The van der Waals surface area contributed by atoms with Crippen molar-refractivity contribution >= 4 is 17.7 Å². The number of ether oxygens (including phenoxy) is 2. The molecule has 0 aliphatic heterocycles. The van der Waals surface area contributed by atoms with Gasteiger partial charge in [-0.25, -0.2) is 0 Å². The van der Waals surface area contributed by atoms with E-state index >= 15 is 0 Å². The monoisotopic (exact) mass is 574 g/mol. The summed E-state index contributed by atoms with van der Waals surface area (Å²) in [6, 6.07) is 23.0. The number of methoxy groups -OCH3 is 2. The Morgan fingerprint density at radius 3 is 2.63 bits per heavy atom. The fraction of sp³-hybridized carbons (Fsp3) is 0.344. The number of phenols is 1. The van der Waals surface area contributed by atoms with E-state index < -0.39 is 0 Å². The summed E-state index contributed by atoms with van der Waals surface area (Å²) in [4.78, 5) is 12.8. The van der Waals surface area contributed by atoms with Gasteiger partial charge in [0, 0.05) is 38.5 Å². The van der Waals surface area contributed by atoms with E-state index in [1.807, 2.05) is 18.2 Å². The third kappa shape index (κ3) is 8.34. The van der Waals surface area contributed by atoms with E-state index in [0.717, 1.165) is 41.0 Å². The summed E-state index contributed by atoms with van der Waals surface area (Å²) in [6.07, 6.45) is 2.12. The van der Waals surface area contributed by atoms with Gasteiger partial charge in [0.1, 0.15) is 17.3 Å². The second-order valence-electron chi connectivity index (χ2n) is 9.89. The number of rotatable bonds is 15. The Hall–Kier alpha value is -3.82. The maximum Gasteiger partial charge on any atom is 0.255 e. The van der Waals surface area contributed by atoms with Gasteiger partial charge in [0.25, 0.3) is 5.91 Å². The average molecular weight is 575 g/mol. The second kappa shape index (κ2) is 15.3. The molecule has 0 bridgehead atoms. The minimum atomic E-state index is -0.310. The number of thioether (sulfide) groups is 1. The number of aromatic hydroxyl groups is 1. The lowest BCUT2D eigenvalue weighted by molar-refractivity contribution is 0.0949. The molecule has 1 heterocycles. The molecule has 0 radical (unpaired) electrons. The highest BCUT2D eigenvalue weighted by Gasteiger charge is 2.24. The zero-order chi connectivity index (χ0) is 29.0. The number of amides is 1. The number of aromatic nitrogens is 3. The Morgan fingerprint density at radius 2 is 1.85 bits per heavy atom. The van der Waals surface area contributed by atoms with E-state index in [4.69, 9.17) is 14.6 Å². The van der Waals surface area contributed by atoms with Crippen LogP contribution < -0.4 is 10.1 Å². The Morgan fingerprint density at radius 1 is 1.05 bits per heavy atom. The highest BCUT2D eigenvalue weighted by atomic mass is 32.2. The molecule has 9 heteroatoms. The van der Waals surface area contributed by atoms with Gasteiger partial charge >= 0.3 is 0 Å². The number of aryl methyl sites for hydroxylation is 1. The van der Waals surface area contributed by atoms with E-state index in [2.05, 4.69) is 52.2 Å². The van der Waals surface area contributed by atoms with Crippen molar-refractivity contribution < 1.29 is 19.4 Å². The summed E-state index contributed by atoms with van der Waals surface area (Å²) in [5.74, 6) is 2.08. The van der Waals surface area contributed by atoms with Crippen LogP contribution in [-0.4, -0.2) is 53.1 Å². The molecule has 1 atom stereocenters. The van der Waals surface area contributed by atoms with Crippen LogP contribution in [0.1, 0.15) is 51.6 Å². The summed E-state index contributed by atoms with van der Waals surface area (Å²) >= 11 is 1.67. The third-order valence-corrected chi connectivity index (χ3v) is 7.91. The summed E-state index contributed by atoms with van der Waals surface area (Å²) in [7, 11) is 3.38. The number of hydrogen-bond donors (Lipinski definition) is 2. The number of carbonyl (C=O) groups excluding carboxylic acids is 1. The number of benzene rings is 3. The standard InChI is InChI=1S/C32H38N4O4S/c1-23-10-8-11-24(20-23)22-41-32-35-34-30(36(32)18-9-19-39-2)26(21-25-12-4-7-15-29(25)40-3)16-17-33-31(38)27-13-5-6-14-28(27)37/h4-8,10-15,20,26,37H,9,16-19,21-22H2,1-3H3,(H,33,38). The van der Waals surface area contributed by atoms with Gasteiger partial charge in [-0.3, -0.25) is 4.79 Å². The minimum absolute atomic E-state index is 0.0382. The molecule has 3 aromatic carbocycles. The van der Waals surface area contributed by atoms with Crippen molar-refractivity contribution in [3.63, 3.8) is 0 Å². The summed E-state index contributed by atoms with van der Waals surface area (Å²) in [5.41, 5.74) is 3.78. The van der Waals surface area contributed by atoms with Gasteiger partial charge in [0.15, 0.2) is 5.16 Å². The zero-order valence-electron chi connectivity index (χ0n) is 23.9. The van der Waals surface area contributed by atoms with Gasteiger partial charge in [-0.1, -0.05) is 71.9 Å². The van der Waals surface area contributed by atoms with Crippen LogP contribution in [0.3, 0.4) is 0 Å². The molecular weight excluding hydrogens is 536 g/mol. The summed E-state index contributed by atoms with van der Waals surface area (Å²) in [5, 5.41) is 23.3. The van der Waals surface area contributed by atoms with Gasteiger partial charge in [-0.05, 0) is 55.5 Å². The Labute approximate surface area is 246 Å². The zero-order valence-corrected chi connectivity index (χ0v) is 24.7. The largest absolute Gasteiger partial charge is 0.507 e. The van der Waals surface area contributed by atoms with E-state index in [1.165, 1.54) is 17.2 Å². The average Bonchev–Trinajstić information content (AvgIpc) is 3.38. The van der Waals surface area contributed by atoms with E-state index in [1.54, 1.807) is 44.2 Å². The molecule has 4 aromatic rings. The molecule has 0 saturated carbocycles. The van der Waals surface area contributed by atoms with Crippen molar-refractivity contribution in [1.29, 1.82) is 0 Å². The minimum Gasteiger partial charge on any atom is -0.507 e. The topological polar surface area (TPSA) is 98.5 Å². The van der Waals surface area contributed by atoms with Gasteiger partial charge in [0.2, 0.25) is 0 Å². The first-order valence-corrected chi connectivity index (χ1v) is 14.8.